The Morgan fingerprint density at radius 2 is 0.898 bits per heavy atom. The highest BCUT2D eigenvalue weighted by Gasteiger charge is 2.73. The number of anilines is 1. The van der Waals surface area contributed by atoms with Crippen LogP contribution in [0.1, 0.15) is 90.0 Å². The van der Waals surface area contributed by atoms with Crippen LogP contribution in [-0.2, 0) is 17.3 Å². The number of halogens is 6. The lowest BCUT2D eigenvalue weighted by atomic mass is 9.71. The maximum atomic E-state index is 14.9. The number of nitrogens with zero attached hydrogens (tertiary/aromatic N) is 2. The number of carbonyl (C=O) groups excluding carboxylic acids is 4. The van der Waals surface area contributed by atoms with Gasteiger partial charge in [-0.3, -0.25) is 24.1 Å². The molecule has 0 atom stereocenters. The predicted octanol–water partition coefficient (Wildman–Crippen LogP) is 8.01. The van der Waals surface area contributed by atoms with Crippen LogP contribution in [0.3, 0.4) is 0 Å². The SMILES string of the molecule is CN1C(=O)c2ccc(C(c3ccc4c(c3)C(=O)N(c3ccc(Cc5ccc(C(C)(C)C)cc5)cc3)C4=O)(C(F)(F)F)C(F)(F)F)cc2C1=O. The summed E-state index contributed by atoms with van der Waals surface area (Å²) >= 11 is 0. The van der Waals surface area contributed by atoms with E-state index < -0.39 is 63.7 Å². The summed E-state index contributed by atoms with van der Waals surface area (Å²) < 4.78 is 89.6. The van der Waals surface area contributed by atoms with Crippen LogP contribution >= 0.6 is 0 Å². The van der Waals surface area contributed by atoms with Crippen LogP contribution in [-0.4, -0.2) is 47.9 Å². The minimum absolute atomic E-state index is 0.0186. The molecule has 4 aromatic rings. The van der Waals surface area contributed by atoms with Crippen molar-refractivity contribution in [3.05, 3.63) is 135 Å². The predicted molar refractivity (Wildman–Crippen MR) is 168 cm³/mol. The third kappa shape index (κ3) is 5.21. The number of imide groups is 2. The van der Waals surface area contributed by atoms with Crippen molar-refractivity contribution in [3.63, 3.8) is 0 Å². The van der Waals surface area contributed by atoms with Crippen molar-refractivity contribution < 1.29 is 45.5 Å². The largest absolute Gasteiger partial charge is 0.411 e. The lowest BCUT2D eigenvalue weighted by molar-refractivity contribution is -0.288. The van der Waals surface area contributed by atoms with Gasteiger partial charge < -0.3 is 0 Å². The third-order valence-corrected chi connectivity index (χ3v) is 9.12. The molecule has 0 fully saturated rings. The molecule has 0 saturated heterocycles. The number of fused-ring (bicyclic) bond motifs is 2. The number of rotatable bonds is 5. The number of alkyl halides is 6. The van der Waals surface area contributed by atoms with Crippen LogP contribution in [0.25, 0.3) is 0 Å². The molecule has 4 aromatic carbocycles. The first kappa shape index (κ1) is 33.6. The molecule has 2 heterocycles. The summed E-state index contributed by atoms with van der Waals surface area (Å²) in [5.74, 6) is -3.94. The van der Waals surface area contributed by atoms with E-state index in [2.05, 4.69) is 20.8 Å². The zero-order valence-corrected chi connectivity index (χ0v) is 26.6. The van der Waals surface area contributed by atoms with Gasteiger partial charge in [0.1, 0.15) is 0 Å². The fourth-order valence-electron chi connectivity index (χ4n) is 6.41. The van der Waals surface area contributed by atoms with Gasteiger partial charge >= 0.3 is 12.4 Å². The molecule has 6 nitrogen and oxygen atoms in total. The first-order valence-electron chi connectivity index (χ1n) is 15.1. The number of hydrogen-bond donors (Lipinski definition) is 0. The molecular weight excluding hydrogens is 650 g/mol. The van der Waals surface area contributed by atoms with E-state index in [0.717, 1.165) is 35.9 Å². The molecule has 2 aliphatic rings. The lowest BCUT2D eigenvalue weighted by Crippen LogP contribution is -2.55. The second-order valence-electron chi connectivity index (χ2n) is 13.2. The van der Waals surface area contributed by atoms with Gasteiger partial charge in [0, 0.05) is 7.05 Å². The van der Waals surface area contributed by atoms with E-state index in [0.29, 0.717) is 40.5 Å². The summed E-state index contributed by atoms with van der Waals surface area (Å²) in [4.78, 5) is 53.0. The quantitative estimate of drug-likeness (QED) is 0.158. The number of benzene rings is 4. The summed E-state index contributed by atoms with van der Waals surface area (Å²) in [5.41, 5.74) is -6.37. The van der Waals surface area contributed by atoms with Crippen LogP contribution in [0.2, 0.25) is 0 Å². The summed E-state index contributed by atoms with van der Waals surface area (Å²) in [6.07, 6.45) is -11.6. The first-order chi connectivity index (χ1) is 22.8. The van der Waals surface area contributed by atoms with Crippen LogP contribution in [0, 0.1) is 0 Å². The molecule has 0 N–H and O–H groups in total. The van der Waals surface area contributed by atoms with E-state index in [9.17, 15) is 45.5 Å². The highest BCUT2D eigenvalue weighted by atomic mass is 19.4. The molecule has 0 saturated carbocycles. The van der Waals surface area contributed by atoms with E-state index >= 15 is 0 Å². The molecule has 0 bridgehead atoms. The van der Waals surface area contributed by atoms with Crippen molar-refractivity contribution in [1.29, 1.82) is 0 Å². The van der Waals surface area contributed by atoms with Gasteiger partial charge in [-0.2, -0.15) is 26.3 Å². The van der Waals surface area contributed by atoms with E-state index in [1.165, 1.54) is 12.1 Å². The van der Waals surface area contributed by atoms with E-state index in [-0.39, 0.29) is 22.2 Å². The van der Waals surface area contributed by atoms with Gasteiger partial charge in [-0.1, -0.05) is 69.3 Å². The Kier molecular flexibility index (Phi) is 7.65. The average Bonchev–Trinajstić information content (AvgIpc) is 3.39. The van der Waals surface area contributed by atoms with Gasteiger partial charge in [-0.15, -0.1) is 0 Å². The average molecular weight is 679 g/mol. The second kappa shape index (κ2) is 11.1. The van der Waals surface area contributed by atoms with E-state index in [1.54, 1.807) is 12.1 Å². The zero-order chi connectivity index (χ0) is 35.8. The lowest BCUT2D eigenvalue weighted by Gasteiger charge is -2.38. The smallest absolute Gasteiger partial charge is 0.277 e. The molecule has 252 valence electrons. The molecule has 2 aliphatic heterocycles. The topological polar surface area (TPSA) is 74.8 Å². The maximum Gasteiger partial charge on any atom is 0.411 e. The Labute approximate surface area is 276 Å². The highest BCUT2D eigenvalue weighted by molar-refractivity contribution is 6.34. The fourth-order valence-corrected chi connectivity index (χ4v) is 6.41. The Bertz CT molecular complexity index is 2030. The molecule has 12 heteroatoms. The van der Waals surface area contributed by atoms with Crippen molar-refractivity contribution in [2.24, 2.45) is 0 Å². The Hall–Kier alpha value is -5.26. The highest BCUT2D eigenvalue weighted by Crippen LogP contribution is 2.57. The van der Waals surface area contributed by atoms with Gasteiger partial charge in [0.15, 0.2) is 0 Å². The Morgan fingerprint density at radius 3 is 1.37 bits per heavy atom. The molecule has 4 amide bonds. The minimum atomic E-state index is -6.04. The maximum absolute atomic E-state index is 14.9. The van der Waals surface area contributed by atoms with Gasteiger partial charge in [0.25, 0.3) is 23.6 Å². The molecule has 49 heavy (non-hydrogen) atoms. The first-order valence-corrected chi connectivity index (χ1v) is 15.1. The minimum Gasteiger partial charge on any atom is -0.277 e. The van der Waals surface area contributed by atoms with Crippen molar-refractivity contribution in [2.45, 2.75) is 50.4 Å². The molecular formula is C37H28F6N2O4. The monoisotopic (exact) mass is 678 g/mol. The summed E-state index contributed by atoms with van der Waals surface area (Å²) in [5, 5.41) is 0. The summed E-state index contributed by atoms with van der Waals surface area (Å²) in [6.45, 7) is 6.30. The fraction of sp³-hybridized carbons (Fsp3) is 0.243. The van der Waals surface area contributed by atoms with E-state index in [1.807, 2.05) is 24.3 Å². The third-order valence-electron chi connectivity index (χ3n) is 9.12. The molecule has 0 unspecified atom stereocenters. The summed E-state index contributed by atoms with van der Waals surface area (Å²) in [7, 11) is 1.05. The molecule has 0 aliphatic carbocycles. The number of amides is 4. The molecule has 6 rings (SSSR count). The molecule has 0 radical (unpaired) electrons. The molecule has 0 spiro atoms. The normalized spacial score (nSPS) is 15.3. The van der Waals surface area contributed by atoms with Crippen molar-refractivity contribution in [1.82, 2.24) is 4.90 Å². The van der Waals surface area contributed by atoms with Crippen LogP contribution in [0.15, 0.2) is 84.9 Å². The van der Waals surface area contributed by atoms with Gasteiger partial charge in [0.05, 0.1) is 27.9 Å². The van der Waals surface area contributed by atoms with Gasteiger partial charge in [0.2, 0.25) is 5.41 Å². The standard InChI is InChI=1S/C37H28F6N2O4/c1-34(2,3)22-9-5-20(6-10-22)17-21-7-13-25(14-8-21)45-32(48)27-16-12-24(19-29(27)33(45)49)35(36(38,39)40,37(41,42)43)23-11-15-26-28(18-23)31(47)44(4)30(26)46/h5-16,18-19H,17H2,1-4H3. The van der Waals surface area contributed by atoms with Crippen molar-refractivity contribution in [3.8, 4) is 0 Å². The molecule has 0 aromatic heterocycles. The Morgan fingerprint density at radius 1 is 0.510 bits per heavy atom. The van der Waals surface area contributed by atoms with Crippen molar-refractivity contribution >= 4 is 29.3 Å². The van der Waals surface area contributed by atoms with Crippen molar-refractivity contribution in [2.75, 3.05) is 11.9 Å². The van der Waals surface area contributed by atoms with Crippen LogP contribution < -0.4 is 4.90 Å². The van der Waals surface area contributed by atoms with Gasteiger partial charge in [-0.25, -0.2) is 4.90 Å². The zero-order valence-electron chi connectivity index (χ0n) is 26.6. The second-order valence-corrected chi connectivity index (χ2v) is 13.2. The number of hydrogen-bond acceptors (Lipinski definition) is 4. The summed E-state index contributed by atoms with van der Waals surface area (Å²) in [6, 6.07) is 17.7. The van der Waals surface area contributed by atoms with Crippen LogP contribution in [0.5, 0.6) is 0 Å². The number of carbonyl (C=O) groups is 4. The van der Waals surface area contributed by atoms with E-state index in [4.69, 9.17) is 0 Å². The Balaban J connectivity index is 1.36. The van der Waals surface area contributed by atoms with Gasteiger partial charge in [-0.05, 0) is 76.1 Å². The van der Waals surface area contributed by atoms with Crippen LogP contribution in [0.4, 0.5) is 32.0 Å².